The monoisotopic (exact) mass is 474 g/mol. The Labute approximate surface area is 195 Å². The highest BCUT2D eigenvalue weighted by atomic mass is 35.5. The number of carbonyl (C=O) groups is 2. The fraction of sp³-hybridized carbons (Fsp3) is 0.348. The number of thiophene rings is 1. The Morgan fingerprint density at radius 2 is 2.00 bits per heavy atom. The summed E-state index contributed by atoms with van der Waals surface area (Å²) in [4.78, 5) is 26.6. The van der Waals surface area contributed by atoms with Crippen LogP contribution in [0.25, 0.3) is 6.08 Å². The lowest BCUT2D eigenvalue weighted by atomic mass is 9.95. The first-order valence-electron chi connectivity index (χ1n) is 10.1. The molecule has 0 unspecified atom stereocenters. The van der Waals surface area contributed by atoms with Gasteiger partial charge < -0.3 is 19.5 Å². The van der Waals surface area contributed by atoms with Crippen molar-refractivity contribution < 1.29 is 23.8 Å². The lowest BCUT2D eigenvalue weighted by Crippen LogP contribution is -2.16. The summed E-state index contributed by atoms with van der Waals surface area (Å²) in [6.07, 6.45) is 5.04. The summed E-state index contributed by atoms with van der Waals surface area (Å²) in [7, 11) is 2.93. The maximum absolute atomic E-state index is 12.9. The van der Waals surface area contributed by atoms with Crippen molar-refractivity contribution in [3.63, 3.8) is 0 Å². The number of fused-ring (bicyclic) bond motifs is 1. The molecule has 0 atom stereocenters. The van der Waals surface area contributed by atoms with E-state index < -0.39 is 11.9 Å². The van der Waals surface area contributed by atoms with Crippen molar-refractivity contribution >= 4 is 45.9 Å². The zero-order valence-electron chi connectivity index (χ0n) is 18.0. The van der Waals surface area contributed by atoms with Crippen molar-refractivity contribution in [3.05, 3.63) is 44.3 Å². The molecule has 1 aromatic carbocycles. The summed E-state index contributed by atoms with van der Waals surface area (Å²) in [6, 6.07) is 5.10. The Balaban J connectivity index is 1.94. The van der Waals surface area contributed by atoms with E-state index in [0.29, 0.717) is 27.6 Å². The molecule has 1 aliphatic carbocycles. The zero-order chi connectivity index (χ0) is 23.3. The minimum atomic E-state index is -0.623. The summed E-state index contributed by atoms with van der Waals surface area (Å²) in [5.41, 5.74) is 1.68. The number of benzene rings is 1. The van der Waals surface area contributed by atoms with Gasteiger partial charge in [-0.05, 0) is 61.9 Å². The smallest absolute Gasteiger partial charge is 0.341 e. The first-order chi connectivity index (χ1) is 15.4. The van der Waals surface area contributed by atoms with E-state index in [1.54, 1.807) is 19.1 Å². The van der Waals surface area contributed by atoms with E-state index in [4.69, 9.17) is 25.8 Å². The van der Waals surface area contributed by atoms with Crippen molar-refractivity contribution in [2.24, 2.45) is 0 Å². The van der Waals surface area contributed by atoms with Gasteiger partial charge in [-0.1, -0.05) is 11.6 Å². The van der Waals surface area contributed by atoms with Gasteiger partial charge in [-0.3, -0.25) is 4.79 Å². The maximum Gasteiger partial charge on any atom is 0.341 e. The van der Waals surface area contributed by atoms with Crippen molar-refractivity contribution in [1.82, 2.24) is 0 Å². The van der Waals surface area contributed by atoms with Crippen LogP contribution in [0.4, 0.5) is 5.00 Å². The molecular weight excluding hydrogens is 452 g/mol. The van der Waals surface area contributed by atoms with Crippen LogP contribution >= 0.6 is 22.9 Å². The SMILES string of the molecule is CCOC(=O)c1c(NC(=O)C(C#N)=Cc2cc(Cl)c(OC)c(OC)c2)sc2c1CCCC2. The lowest BCUT2D eigenvalue weighted by molar-refractivity contribution is -0.112. The van der Waals surface area contributed by atoms with Crippen molar-refractivity contribution in [2.45, 2.75) is 32.6 Å². The number of ether oxygens (including phenoxy) is 3. The molecule has 32 heavy (non-hydrogen) atoms. The minimum Gasteiger partial charge on any atom is -0.493 e. The molecule has 0 saturated heterocycles. The number of hydrogen-bond acceptors (Lipinski definition) is 7. The Bertz CT molecular complexity index is 1120. The van der Waals surface area contributed by atoms with Gasteiger partial charge in [-0.15, -0.1) is 11.3 Å². The Kier molecular flexibility index (Phi) is 7.78. The van der Waals surface area contributed by atoms with Crippen molar-refractivity contribution in [1.29, 1.82) is 5.26 Å². The summed E-state index contributed by atoms with van der Waals surface area (Å²) in [5.74, 6) is -0.351. The van der Waals surface area contributed by atoms with Gasteiger partial charge in [-0.2, -0.15) is 5.26 Å². The molecule has 0 spiro atoms. The molecule has 2 aromatic rings. The molecule has 0 saturated carbocycles. The number of esters is 1. The van der Waals surface area contributed by atoms with Gasteiger partial charge >= 0.3 is 5.97 Å². The molecule has 3 rings (SSSR count). The highest BCUT2D eigenvalue weighted by Gasteiger charge is 2.27. The molecule has 0 fully saturated rings. The summed E-state index contributed by atoms with van der Waals surface area (Å²) in [6.45, 7) is 1.97. The van der Waals surface area contributed by atoms with Crippen LogP contribution in [-0.4, -0.2) is 32.7 Å². The van der Waals surface area contributed by atoms with Gasteiger partial charge in [0, 0.05) is 4.88 Å². The zero-order valence-corrected chi connectivity index (χ0v) is 19.6. The second-order valence-electron chi connectivity index (χ2n) is 7.00. The molecular formula is C23H23ClN2O5S. The van der Waals surface area contributed by atoms with E-state index in [1.807, 2.05) is 6.07 Å². The number of nitrogens with zero attached hydrogens (tertiary/aromatic N) is 1. The minimum absolute atomic E-state index is 0.144. The third-order valence-corrected chi connectivity index (χ3v) is 6.50. The lowest BCUT2D eigenvalue weighted by Gasteiger charge is -2.12. The first-order valence-corrected chi connectivity index (χ1v) is 11.3. The highest BCUT2D eigenvalue weighted by molar-refractivity contribution is 7.17. The number of rotatable bonds is 7. The third kappa shape index (κ3) is 4.90. The largest absolute Gasteiger partial charge is 0.493 e. The van der Waals surface area contributed by atoms with Gasteiger partial charge in [0.05, 0.1) is 31.4 Å². The van der Waals surface area contributed by atoms with Crippen LogP contribution in [0.5, 0.6) is 11.5 Å². The van der Waals surface area contributed by atoms with Crippen LogP contribution < -0.4 is 14.8 Å². The fourth-order valence-corrected chi connectivity index (χ4v) is 5.15. The predicted octanol–water partition coefficient (Wildman–Crippen LogP) is 5.02. The number of nitrogens with one attached hydrogen (secondary N) is 1. The van der Waals surface area contributed by atoms with E-state index in [2.05, 4.69) is 5.32 Å². The Morgan fingerprint density at radius 3 is 2.66 bits per heavy atom. The molecule has 1 aliphatic rings. The van der Waals surface area contributed by atoms with E-state index in [-0.39, 0.29) is 17.2 Å². The van der Waals surface area contributed by atoms with Crippen molar-refractivity contribution in [2.75, 3.05) is 26.1 Å². The number of amides is 1. The highest BCUT2D eigenvalue weighted by Crippen LogP contribution is 2.39. The van der Waals surface area contributed by atoms with E-state index in [0.717, 1.165) is 36.1 Å². The molecule has 1 aromatic heterocycles. The number of methoxy groups -OCH3 is 2. The molecule has 7 nitrogen and oxygen atoms in total. The van der Waals surface area contributed by atoms with Crippen LogP contribution in [-0.2, 0) is 22.4 Å². The van der Waals surface area contributed by atoms with Gasteiger partial charge in [0.1, 0.15) is 16.6 Å². The van der Waals surface area contributed by atoms with Crippen LogP contribution in [0.2, 0.25) is 5.02 Å². The van der Waals surface area contributed by atoms with Crippen LogP contribution in [0.1, 0.15) is 46.1 Å². The van der Waals surface area contributed by atoms with E-state index >= 15 is 0 Å². The molecule has 9 heteroatoms. The van der Waals surface area contributed by atoms with Gasteiger partial charge in [0.15, 0.2) is 11.5 Å². The van der Waals surface area contributed by atoms with Crippen LogP contribution in [0.3, 0.4) is 0 Å². The molecule has 1 N–H and O–H groups in total. The summed E-state index contributed by atoms with van der Waals surface area (Å²) in [5, 5.41) is 13.0. The number of nitriles is 1. The molecule has 0 radical (unpaired) electrons. The summed E-state index contributed by atoms with van der Waals surface area (Å²) < 4.78 is 15.7. The average Bonchev–Trinajstić information content (AvgIpc) is 3.14. The standard InChI is InChI=1S/C23H23ClN2O5S/c1-4-31-23(28)19-15-7-5-6-8-18(15)32-22(19)26-21(27)14(12-25)9-13-10-16(24)20(30-3)17(11-13)29-2/h9-11H,4-8H2,1-3H3,(H,26,27). The van der Waals surface area contributed by atoms with Gasteiger partial charge in [0.2, 0.25) is 0 Å². The van der Waals surface area contributed by atoms with E-state index in [1.165, 1.54) is 31.6 Å². The fourth-order valence-electron chi connectivity index (χ4n) is 3.58. The Morgan fingerprint density at radius 1 is 1.25 bits per heavy atom. The number of halogens is 1. The molecule has 1 heterocycles. The number of aryl methyl sites for hydroxylation is 1. The predicted molar refractivity (Wildman–Crippen MR) is 124 cm³/mol. The second kappa shape index (κ2) is 10.5. The van der Waals surface area contributed by atoms with Gasteiger partial charge in [-0.25, -0.2) is 4.79 Å². The second-order valence-corrected chi connectivity index (χ2v) is 8.51. The normalized spacial score (nSPS) is 13.0. The van der Waals surface area contributed by atoms with Crippen molar-refractivity contribution in [3.8, 4) is 17.6 Å². The molecule has 168 valence electrons. The van der Waals surface area contributed by atoms with E-state index in [9.17, 15) is 14.9 Å². The van der Waals surface area contributed by atoms with Crippen LogP contribution in [0.15, 0.2) is 17.7 Å². The van der Waals surface area contributed by atoms with Crippen LogP contribution in [0, 0.1) is 11.3 Å². The topological polar surface area (TPSA) is 97.7 Å². The average molecular weight is 475 g/mol. The summed E-state index contributed by atoms with van der Waals surface area (Å²) >= 11 is 7.59. The Hall–Kier alpha value is -3.02. The molecule has 1 amide bonds. The quantitative estimate of drug-likeness (QED) is 0.343. The maximum atomic E-state index is 12.9. The molecule has 0 bridgehead atoms. The number of carbonyl (C=O) groups excluding carboxylic acids is 2. The first kappa shape index (κ1) is 23.6. The third-order valence-electron chi connectivity index (χ3n) is 5.01. The molecule has 0 aliphatic heterocycles. The number of anilines is 1. The number of hydrogen-bond donors (Lipinski definition) is 1. The van der Waals surface area contributed by atoms with Gasteiger partial charge in [0.25, 0.3) is 5.91 Å².